The Hall–Kier alpha value is -2.28. The Bertz CT molecular complexity index is 702. The van der Waals surface area contributed by atoms with Gasteiger partial charge < -0.3 is 10.5 Å². The van der Waals surface area contributed by atoms with Crippen molar-refractivity contribution < 1.29 is 13.2 Å². The van der Waals surface area contributed by atoms with E-state index in [0.29, 0.717) is 11.4 Å². The second-order valence-electron chi connectivity index (χ2n) is 4.09. The van der Waals surface area contributed by atoms with Crippen LogP contribution < -0.4 is 14.8 Å². The molecule has 0 aliphatic heterocycles. The van der Waals surface area contributed by atoms with Gasteiger partial charge in [-0.1, -0.05) is 0 Å². The highest BCUT2D eigenvalue weighted by Gasteiger charge is 2.22. The molecule has 1 aromatic carbocycles. The van der Waals surface area contributed by atoms with Crippen LogP contribution in [0.2, 0.25) is 0 Å². The second kappa shape index (κ2) is 5.38. The van der Waals surface area contributed by atoms with Gasteiger partial charge in [-0.15, -0.1) is 0 Å². The number of nitrogen functional groups attached to an aromatic ring is 1. The summed E-state index contributed by atoms with van der Waals surface area (Å²) >= 11 is 0. The van der Waals surface area contributed by atoms with E-state index in [1.54, 1.807) is 18.3 Å². The van der Waals surface area contributed by atoms with E-state index in [4.69, 9.17) is 10.5 Å². The zero-order valence-corrected chi connectivity index (χ0v) is 12.0. The first-order valence-corrected chi connectivity index (χ1v) is 7.23. The van der Waals surface area contributed by atoms with Crippen molar-refractivity contribution in [3.05, 3.63) is 42.7 Å². The van der Waals surface area contributed by atoms with Gasteiger partial charge in [0.05, 0.1) is 29.6 Å². The molecule has 0 aliphatic carbocycles. The van der Waals surface area contributed by atoms with Crippen LogP contribution in [0.3, 0.4) is 0 Å². The van der Waals surface area contributed by atoms with Crippen LogP contribution in [0, 0.1) is 0 Å². The number of hydrogen-bond donors (Lipinski definition) is 1. The van der Waals surface area contributed by atoms with Gasteiger partial charge in [-0.05, 0) is 30.3 Å². The fourth-order valence-corrected chi connectivity index (χ4v) is 2.93. The highest BCUT2D eigenvalue weighted by Crippen LogP contribution is 2.27. The summed E-state index contributed by atoms with van der Waals surface area (Å²) in [6, 6.07) is 7.69. The number of nitrogens with zero attached hydrogens (tertiary/aromatic N) is 2. The largest absolute Gasteiger partial charge is 0.495 e. The molecule has 0 unspecified atom stereocenters. The van der Waals surface area contributed by atoms with Crippen molar-refractivity contribution in [1.29, 1.82) is 0 Å². The number of hydrogen-bond acceptors (Lipinski definition) is 5. The van der Waals surface area contributed by atoms with Gasteiger partial charge >= 0.3 is 0 Å². The second-order valence-corrected chi connectivity index (χ2v) is 6.06. The molecule has 0 spiro atoms. The third-order valence-electron chi connectivity index (χ3n) is 2.87. The lowest BCUT2D eigenvalue weighted by Gasteiger charge is -2.19. The van der Waals surface area contributed by atoms with Crippen LogP contribution in [-0.4, -0.2) is 27.6 Å². The fraction of sp³-hybridized carbons (Fsp3) is 0.154. The highest BCUT2D eigenvalue weighted by molar-refractivity contribution is 7.92. The first kappa shape index (κ1) is 14.1. The minimum Gasteiger partial charge on any atom is -0.495 e. The molecule has 1 heterocycles. The quantitative estimate of drug-likeness (QED) is 0.863. The molecular weight excluding hydrogens is 278 g/mol. The van der Waals surface area contributed by atoms with Crippen molar-refractivity contribution >= 4 is 21.4 Å². The number of nitrogens with two attached hydrogens (primary N) is 1. The van der Waals surface area contributed by atoms with Gasteiger partial charge in [0.15, 0.2) is 0 Å². The molecule has 0 amide bonds. The van der Waals surface area contributed by atoms with E-state index in [1.165, 1.54) is 38.6 Å². The molecule has 0 atom stereocenters. The number of sulfonamides is 1. The van der Waals surface area contributed by atoms with Gasteiger partial charge in [-0.2, -0.15) is 0 Å². The van der Waals surface area contributed by atoms with Gasteiger partial charge in [0.2, 0.25) is 0 Å². The third-order valence-corrected chi connectivity index (χ3v) is 4.65. The van der Waals surface area contributed by atoms with Crippen molar-refractivity contribution in [3.8, 4) is 5.75 Å². The molecule has 106 valence electrons. The van der Waals surface area contributed by atoms with E-state index in [-0.39, 0.29) is 10.6 Å². The first-order chi connectivity index (χ1) is 9.46. The van der Waals surface area contributed by atoms with Crippen LogP contribution in [0.1, 0.15) is 0 Å². The number of aromatic nitrogens is 1. The summed E-state index contributed by atoms with van der Waals surface area (Å²) in [6.45, 7) is 0. The summed E-state index contributed by atoms with van der Waals surface area (Å²) in [5, 5.41) is 0. The molecule has 2 aromatic rings. The summed E-state index contributed by atoms with van der Waals surface area (Å²) < 4.78 is 31.1. The summed E-state index contributed by atoms with van der Waals surface area (Å²) in [5.74, 6) is 0.438. The standard InChI is InChI=1S/C13H15N3O3S/c1-16(10-4-3-7-15-9-10)20(17,18)11-5-6-13(19-2)12(14)8-11/h3-9H,14H2,1-2H3. The lowest BCUT2D eigenvalue weighted by Crippen LogP contribution is -2.26. The molecule has 0 aliphatic rings. The highest BCUT2D eigenvalue weighted by atomic mass is 32.2. The maximum Gasteiger partial charge on any atom is 0.264 e. The van der Waals surface area contributed by atoms with E-state index in [9.17, 15) is 8.42 Å². The van der Waals surface area contributed by atoms with Crippen molar-refractivity contribution in [2.75, 3.05) is 24.2 Å². The number of benzene rings is 1. The lowest BCUT2D eigenvalue weighted by molar-refractivity contribution is 0.416. The van der Waals surface area contributed by atoms with Crippen molar-refractivity contribution in [2.24, 2.45) is 0 Å². The lowest BCUT2D eigenvalue weighted by atomic mass is 10.3. The van der Waals surface area contributed by atoms with Crippen molar-refractivity contribution in [2.45, 2.75) is 4.90 Å². The molecule has 1 aromatic heterocycles. The van der Waals surface area contributed by atoms with E-state index in [0.717, 1.165) is 4.31 Å². The van der Waals surface area contributed by atoms with Crippen molar-refractivity contribution in [1.82, 2.24) is 4.98 Å². The van der Waals surface area contributed by atoms with Crippen LogP contribution in [0.25, 0.3) is 0 Å². The minimum absolute atomic E-state index is 0.0992. The molecule has 7 heteroatoms. The zero-order chi connectivity index (χ0) is 14.8. The maximum absolute atomic E-state index is 12.5. The van der Waals surface area contributed by atoms with Gasteiger partial charge in [-0.3, -0.25) is 9.29 Å². The summed E-state index contributed by atoms with van der Waals surface area (Å²) in [5.41, 5.74) is 6.49. The summed E-state index contributed by atoms with van der Waals surface area (Å²) in [4.78, 5) is 4.01. The Balaban J connectivity index is 2.43. The summed E-state index contributed by atoms with van der Waals surface area (Å²) in [6.07, 6.45) is 3.06. The number of anilines is 2. The number of pyridine rings is 1. The molecule has 0 saturated heterocycles. The molecule has 2 N–H and O–H groups in total. The minimum atomic E-state index is -3.68. The van der Waals surface area contributed by atoms with Gasteiger partial charge in [0.1, 0.15) is 5.75 Å². The zero-order valence-electron chi connectivity index (χ0n) is 11.1. The van der Waals surface area contributed by atoms with E-state index in [1.807, 2.05) is 0 Å². The van der Waals surface area contributed by atoms with Crippen LogP contribution in [0.15, 0.2) is 47.6 Å². The molecule has 0 saturated carbocycles. The monoisotopic (exact) mass is 293 g/mol. The predicted octanol–water partition coefficient (Wildman–Crippen LogP) is 1.50. The van der Waals surface area contributed by atoms with E-state index < -0.39 is 10.0 Å². The topological polar surface area (TPSA) is 85.5 Å². The molecule has 0 fully saturated rings. The summed E-state index contributed by atoms with van der Waals surface area (Å²) in [7, 11) is -0.743. The smallest absolute Gasteiger partial charge is 0.264 e. The molecule has 0 bridgehead atoms. The molecule has 0 radical (unpaired) electrons. The Morgan fingerprint density at radius 1 is 1.30 bits per heavy atom. The normalized spacial score (nSPS) is 11.1. The number of rotatable bonds is 4. The van der Waals surface area contributed by atoms with Crippen LogP contribution in [-0.2, 0) is 10.0 Å². The van der Waals surface area contributed by atoms with Gasteiger partial charge in [0.25, 0.3) is 10.0 Å². The Kier molecular flexibility index (Phi) is 3.80. The molecular formula is C13H15N3O3S. The molecule has 2 rings (SSSR count). The van der Waals surface area contributed by atoms with Crippen LogP contribution >= 0.6 is 0 Å². The van der Waals surface area contributed by atoms with Gasteiger partial charge in [-0.25, -0.2) is 8.42 Å². The Morgan fingerprint density at radius 2 is 2.05 bits per heavy atom. The molecule has 6 nitrogen and oxygen atoms in total. The Labute approximate surface area is 117 Å². The van der Waals surface area contributed by atoms with E-state index >= 15 is 0 Å². The third kappa shape index (κ3) is 2.53. The fourth-order valence-electron chi connectivity index (χ4n) is 1.71. The van der Waals surface area contributed by atoms with Crippen LogP contribution in [0.4, 0.5) is 11.4 Å². The average molecular weight is 293 g/mol. The van der Waals surface area contributed by atoms with Gasteiger partial charge in [0, 0.05) is 13.2 Å². The predicted molar refractivity (Wildman–Crippen MR) is 77.2 cm³/mol. The maximum atomic E-state index is 12.5. The van der Waals surface area contributed by atoms with Crippen molar-refractivity contribution in [3.63, 3.8) is 0 Å². The number of ether oxygens (including phenoxy) is 1. The number of methoxy groups -OCH3 is 1. The van der Waals surface area contributed by atoms with Crippen LogP contribution in [0.5, 0.6) is 5.75 Å². The first-order valence-electron chi connectivity index (χ1n) is 5.79. The molecule has 20 heavy (non-hydrogen) atoms. The SMILES string of the molecule is COc1ccc(S(=O)(=O)N(C)c2cccnc2)cc1N. The Morgan fingerprint density at radius 3 is 2.60 bits per heavy atom. The average Bonchev–Trinajstić information content (AvgIpc) is 2.47. The van der Waals surface area contributed by atoms with E-state index in [2.05, 4.69) is 4.98 Å².